The van der Waals surface area contributed by atoms with Crippen LogP contribution in [0.25, 0.3) is 0 Å². The summed E-state index contributed by atoms with van der Waals surface area (Å²) in [4.78, 5) is 12.3. The van der Waals surface area contributed by atoms with E-state index >= 15 is 0 Å². The molecule has 106 valence electrons. The van der Waals surface area contributed by atoms with Gasteiger partial charge in [0.2, 0.25) is 0 Å². The van der Waals surface area contributed by atoms with Crippen molar-refractivity contribution in [1.82, 2.24) is 0 Å². The molecule has 0 aliphatic carbocycles. The van der Waals surface area contributed by atoms with E-state index in [-0.39, 0.29) is 12.6 Å². The number of benzene rings is 1. The van der Waals surface area contributed by atoms with Crippen molar-refractivity contribution in [3.8, 4) is 5.75 Å². The summed E-state index contributed by atoms with van der Waals surface area (Å²) >= 11 is 1.73. The van der Waals surface area contributed by atoms with E-state index in [1.807, 2.05) is 30.3 Å². The normalized spacial score (nSPS) is 11.7. The highest BCUT2D eigenvalue weighted by molar-refractivity contribution is 7.10. The van der Waals surface area contributed by atoms with E-state index < -0.39 is 5.97 Å². The lowest BCUT2D eigenvalue weighted by molar-refractivity contribution is -0.142. The van der Waals surface area contributed by atoms with Crippen LogP contribution in [0.4, 0.5) is 5.69 Å². The second-order valence-corrected chi connectivity index (χ2v) is 5.25. The number of rotatable bonds is 6. The SMILES string of the molecule is COC(=O)COc1ccc(NC(C)c2cccs2)cc1. The molecule has 4 nitrogen and oxygen atoms in total. The second kappa shape index (κ2) is 6.96. The lowest BCUT2D eigenvalue weighted by Gasteiger charge is -2.14. The molecule has 20 heavy (non-hydrogen) atoms. The van der Waals surface area contributed by atoms with Gasteiger partial charge in [-0.25, -0.2) is 4.79 Å². The van der Waals surface area contributed by atoms with Crippen LogP contribution >= 0.6 is 11.3 Å². The molecule has 1 unspecified atom stereocenters. The summed E-state index contributed by atoms with van der Waals surface area (Å²) in [6, 6.07) is 11.9. The fourth-order valence-corrected chi connectivity index (χ4v) is 2.44. The van der Waals surface area contributed by atoms with Crippen molar-refractivity contribution in [3.63, 3.8) is 0 Å². The van der Waals surface area contributed by atoms with E-state index in [4.69, 9.17) is 4.74 Å². The first-order chi connectivity index (χ1) is 9.69. The van der Waals surface area contributed by atoms with Gasteiger partial charge in [0.05, 0.1) is 13.2 Å². The zero-order chi connectivity index (χ0) is 14.4. The van der Waals surface area contributed by atoms with E-state index in [0.29, 0.717) is 5.75 Å². The number of hydrogen-bond acceptors (Lipinski definition) is 5. The Bertz CT molecular complexity index is 537. The molecule has 2 aromatic rings. The highest BCUT2D eigenvalue weighted by atomic mass is 32.1. The predicted octanol–water partition coefficient (Wildman–Crippen LogP) is 3.47. The molecule has 1 aromatic carbocycles. The fourth-order valence-electron chi connectivity index (χ4n) is 1.71. The summed E-state index contributed by atoms with van der Waals surface area (Å²) in [6.45, 7) is 2.04. The Morgan fingerprint density at radius 3 is 2.65 bits per heavy atom. The van der Waals surface area contributed by atoms with Crippen LogP contribution in [0.3, 0.4) is 0 Å². The van der Waals surface area contributed by atoms with Crippen LogP contribution in [0.2, 0.25) is 0 Å². The lowest BCUT2D eigenvalue weighted by atomic mass is 10.2. The Morgan fingerprint density at radius 1 is 1.30 bits per heavy atom. The number of methoxy groups -OCH3 is 1. The molecule has 1 heterocycles. The first kappa shape index (κ1) is 14.4. The Balaban J connectivity index is 1.89. The Hall–Kier alpha value is -2.01. The average molecular weight is 291 g/mol. The third-order valence-electron chi connectivity index (χ3n) is 2.79. The van der Waals surface area contributed by atoms with Gasteiger partial charge >= 0.3 is 5.97 Å². The molecule has 0 aliphatic rings. The third-order valence-corrected chi connectivity index (χ3v) is 3.85. The first-order valence-corrected chi connectivity index (χ1v) is 7.16. The molecule has 0 fully saturated rings. The smallest absolute Gasteiger partial charge is 0.343 e. The van der Waals surface area contributed by atoms with Gasteiger partial charge in [-0.2, -0.15) is 0 Å². The standard InChI is InChI=1S/C15H17NO3S/c1-11(14-4-3-9-20-14)16-12-5-7-13(8-6-12)19-10-15(17)18-2/h3-9,11,16H,10H2,1-2H3. The number of anilines is 1. The molecular formula is C15H17NO3S. The summed E-state index contributed by atoms with van der Waals surface area (Å²) in [5.74, 6) is 0.253. The number of nitrogens with one attached hydrogen (secondary N) is 1. The van der Waals surface area contributed by atoms with E-state index in [1.165, 1.54) is 12.0 Å². The second-order valence-electron chi connectivity index (χ2n) is 4.27. The van der Waals surface area contributed by atoms with Crippen LogP contribution in [-0.2, 0) is 9.53 Å². The molecule has 0 spiro atoms. The van der Waals surface area contributed by atoms with Crippen molar-refractivity contribution < 1.29 is 14.3 Å². The summed E-state index contributed by atoms with van der Waals surface area (Å²) < 4.78 is 9.81. The Labute approximate surface area is 122 Å². The van der Waals surface area contributed by atoms with Gasteiger partial charge in [-0.15, -0.1) is 11.3 Å². The largest absolute Gasteiger partial charge is 0.482 e. The fraction of sp³-hybridized carbons (Fsp3) is 0.267. The minimum absolute atomic E-state index is 0.0745. The number of hydrogen-bond donors (Lipinski definition) is 1. The summed E-state index contributed by atoms with van der Waals surface area (Å²) in [7, 11) is 1.34. The molecular weight excluding hydrogens is 274 g/mol. The molecule has 0 amide bonds. The molecule has 0 saturated heterocycles. The van der Waals surface area contributed by atoms with Crippen molar-refractivity contribution in [1.29, 1.82) is 0 Å². The molecule has 2 rings (SSSR count). The predicted molar refractivity (Wildman–Crippen MR) is 80.3 cm³/mol. The van der Waals surface area contributed by atoms with E-state index in [2.05, 4.69) is 28.4 Å². The number of ether oxygens (including phenoxy) is 2. The van der Waals surface area contributed by atoms with Gasteiger partial charge in [-0.1, -0.05) is 6.07 Å². The average Bonchev–Trinajstić information content (AvgIpc) is 3.00. The maximum atomic E-state index is 11.0. The van der Waals surface area contributed by atoms with Crippen molar-refractivity contribution in [2.24, 2.45) is 0 Å². The minimum atomic E-state index is -0.390. The van der Waals surface area contributed by atoms with Crippen molar-refractivity contribution in [3.05, 3.63) is 46.7 Å². The molecule has 1 aromatic heterocycles. The molecule has 0 radical (unpaired) electrons. The van der Waals surface area contributed by atoms with Gasteiger partial charge in [0.25, 0.3) is 0 Å². The number of carbonyl (C=O) groups excluding carboxylic acids is 1. The molecule has 0 bridgehead atoms. The molecule has 1 N–H and O–H groups in total. The molecule has 5 heteroatoms. The van der Waals surface area contributed by atoms with E-state index in [9.17, 15) is 4.79 Å². The maximum Gasteiger partial charge on any atom is 0.343 e. The summed E-state index contributed by atoms with van der Waals surface area (Å²) in [5.41, 5.74) is 1.01. The quantitative estimate of drug-likeness (QED) is 0.828. The maximum absolute atomic E-state index is 11.0. The third kappa shape index (κ3) is 3.99. The highest BCUT2D eigenvalue weighted by Crippen LogP contribution is 2.24. The van der Waals surface area contributed by atoms with Crippen molar-refractivity contribution >= 4 is 23.0 Å². The van der Waals surface area contributed by atoms with Crippen molar-refractivity contribution in [2.75, 3.05) is 19.0 Å². The monoisotopic (exact) mass is 291 g/mol. The number of thiophene rings is 1. The van der Waals surface area contributed by atoms with Gasteiger partial charge in [0.15, 0.2) is 6.61 Å². The van der Waals surface area contributed by atoms with Crippen LogP contribution in [-0.4, -0.2) is 19.7 Å². The Kier molecular flexibility index (Phi) is 5.01. The first-order valence-electron chi connectivity index (χ1n) is 6.28. The van der Waals surface area contributed by atoms with E-state index in [0.717, 1.165) is 5.69 Å². The number of carbonyl (C=O) groups is 1. The highest BCUT2D eigenvalue weighted by Gasteiger charge is 2.06. The van der Waals surface area contributed by atoms with Crippen LogP contribution in [0, 0.1) is 0 Å². The van der Waals surface area contributed by atoms with Crippen LogP contribution in [0.5, 0.6) is 5.75 Å². The van der Waals surface area contributed by atoms with Crippen LogP contribution in [0.1, 0.15) is 17.8 Å². The van der Waals surface area contributed by atoms with Gasteiger partial charge in [-0.3, -0.25) is 0 Å². The van der Waals surface area contributed by atoms with Gasteiger partial charge in [0.1, 0.15) is 5.75 Å². The van der Waals surface area contributed by atoms with E-state index in [1.54, 1.807) is 11.3 Å². The summed E-state index contributed by atoms with van der Waals surface area (Å²) in [5, 5.41) is 5.48. The van der Waals surface area contributed by atoms with Crippen LogP contribution in [0.15, 0.2) is 41.8 Å². The summed E-state index contributed by atoms with van der Waals surface area (Å²) in [6.07, 6.45) is 0. The molecule has 0 saturated carbocycles. The number of esters is 1. The van der Waals surface area contributed by atoms with Crippen molar-refractivity contribution in [2.45, 2.75) is 13.0 Å². The van der Waals surface area contributed by atoms with Crippen LogP contribution < -0.4 is 10.1 Å². The van der Waals surface area contributed by atoms with Gasteiger partial charge < -0.3 is 14.8 Å². The molecule has 1 atom stereocenters. The van der Waals surface area contributed by atoms with Gasteiger partial charge in [0, 0.05) is 10.6 Å². The zero-order valence-electron chi connectivity index (χ0n) is 11.5. The molecule has 0 aliphatic heterocycles. The Morgan fingerprint density at radius 2 is 2.05 bits per heavy atom. The topological polar surface area (TPSA) is 47.6 Å². The zero-order valence-corrected chi connectivity index (χ0v) is 12.3. The minimum Gasteiger partial charge on any atom is -0.482 e. The lowest BCUT2D eigenvalue weighted by Crippen LogP contribution is -2.12. The van der Waals surface area contributed by atoms with Gasteiger partial charge in [-0.05, 0) is 42.6 Å².